The van der Waals surface area contributed by atoms with Gasteiger partial charge in [-0.2, -0.15) is 0 Å². The van der Waals surface area contributed by atoms with Crippen molar-refractivity contribution in [1.82, 2.24) is 0 Å². The first-order chi connectivity index (χ1) is 16.8. The van der Waals surface area contributed by atoms with Crippen LogP contribution in [-0.2, 0) is 9.16 Å². The molecule has 0 amide bonds. The number of ether oxygens (including phenoxy) is 1. The van der Waals surface area contributed by atoms with Gasteiger partial charge in [-0.05, 0) is 136 Å². The summed E-state index contributed by atoms with van der Waals surface area (Å²) in [4.78, 5) is 0. The van der Waals surface area contributed by atoms with Gasteiger partial charge in [-0.3, -0.25) is 0 Å². The Morgan fingerprint density at radius 1 is 0.730 bits per heavy atom. The standard InChI is InChI=1S/C34H60O2Si/c1-23(2)33(8)21-22-34(9,36-33)25-15-19-31(6)24(25)13-14-27-30(5)18-17-28(35-37(10,11)12)29(3,4)26(30)16-20-32(27,31)7/h21-28H,13-20H2,1-12H3/t24-,25+,26+,27-,28+,30+,31-,32-,33-,34+/m1/s1. The lowest BCUT2D eigenvalue weighted by molar-refractivity contribution is -0.224. The van der Waals surface area contributed by atoms with Crippen molar-refractivity contribution in [3.8, 4) is 0 Å². The van der Waals surface area contributed by atoms with Crippen LogP contribution in [0.25, 0.3) is 0 Å². The molecule has 4 fully saturated rings. The first-order valence-corrected chi connectivity index (χ1v) is 19.3. The van der Waals surface area contributed by atoms with E-state index in [1.807, 2.05) is 0 Å². The topological polar surface area (TPSA) is 18.5 Å². The van der Waals surface area contributed by atoms with E-state index >= 15 is 0 Å². The minimum absolute atomic E-state index is 0.111. The molecule has 0 aromatic rings. The summed E-state index contributed by atoms with van der Waals surface area (Å²) in [6, 6.07) is 0. The third kappa shape index (κ3) is 3.97. The monoisotopic (exact) mass is 528 g/mol. The molecule has 4 aliphatic carbocycles. The molecule has 0 spiro atoms. The minimum Gasteiger partial charge on any atom is -0.414 e. The van der Waals surface area contributed by atoms with Crippen LogP contribution in [-0.4, -0.2) is 25.6 Å². The molecule has 1 heterocycles. The van der Waals surface area contributed by atoms with E-state index in [4.69, 9.17) is 9.16 Å². The summed E-state index contributed by atoms with van der Waals surface area (Å²) >= 11 is 0. The van der Waals surface area contributed by atoms with Crippen molar-refractivity contribution in [2.75, 3.05) is 0 Å². The second kappa shape index (κ2) is 8.45. The van der Waals surface area contributed by atoms with Gasteiger partial charge in [0.05, 0.1) is 17.3 Å². The summed E-state index contributed by atoms with van der Waals surface area (Å²) in [5.41, 5.74) is 1.32. The fourth-order valence-electron chi connectivity index (χ4n) is 11.4. The van der Waals surface area contributed by atoms with Crippen LogP contribution in [0.1, 0.15) is 114 Å². The molecule has 37 heavy (non-hydrogen) atoms. The Morgan fingerprint density at radius 2 is 1.38 bits per heavy atom. The van der Waals surface area contributed by atoms with Gasteiger partial charge in [0.1, 0.15) is 0 Å². The molecule has 0 unspecified atom stereocenters. The van der Waals surface area contributed by atoms with Crippen molar-refractivity contribution in [1.29, 1.82) is 0 Å². The molecule has 1 aliphatic heterocycles. The van der Waals surface area contributed by atoms with Gasteiger partial charge in [0.2, 0.25) is 0 Å². The van der Waals surface area contributed by atoms with Gasteiger partial charge >= 0.3 is 0 Å². The molecule has 0 N–H and O–H groups in total. The van der Waals surface area contributed by atoms with Gasteiger partial charge in [0, 0.05) is 0 Å². The maximum absolute atomic E-state index is 7.01. The lowest BCUT2D eigenvalue weighted by Gasteiger charge is -2.70. The van der Waals surface area contributed by atoms with Gasteiger partial charge in [-0.1, -0.05) is 60.6 Å². The van der Waals surface area contributed by atoms with Crippen molar-refractivity contribution in [2.24, 2.45) is 51.2 Å². The molecule has 10 atom stereocenters. The highest BCUT2D eigenvalue weighted by atomic mass is 28.4. The molecule has 4 saturated carbocycles. The molecule has 5 aliphatic rings. The average Bonchev–Trinajstić information content (AvgIpc) is 3.29. The maximum Gasteiger partial charge on any atom is 0.184 e. The molecular formula is C34H60O2Si. The molecule has 0 bridgehead atoms. The molecule has 3 heteroatoms. The van der Waals surface area contributed by atoms with E-state index in [0.717, 1.165) is 17.8 Å². The zero-order valence-electron chi connectivity index (χ0n) is 26.6. The largest absolute Gasteiger partial charge is 0.414 e. The van der Waals surface area contributed by atoms with Crippen LogP contribution in [0.4, 0.5) is 0 Å². The Hall–Kier alpha value is -0.123. The molecule has 0 radical (unpaired) electrons. The quantitative estimate of drug-likeness (QED) is 0.267. The number of fused-ring (bicyclic) bond motifs is 5. The number of hydrogen-bond acceptors (Lipinski definition) is 2. The molecule has 5 rings (SSSR count). The van der Waals surface area contributed by atoms with Crippen molar-refractivity contribution in [2.45, 2.75) is 151 Å². The smallest absolute Gasteiger partial charge is 0.184 e. The third-order valence-electron chi connectivity index (χ3n) is 13.9. The van der Waals surface area contributed by atoms with E-state index in [2.05, 4.69) is 94.1 Å². The van der Waals surface area contributed by atoms with Gasteiger partial charge in [-0.15, -0.1) is 0 Å². The van der Waals surface area contributed by atoms with Crippen LogP contribution < -0.4 is 0 Å². The van der Waals surface area contributed by atoms with Gasteiger partial charge in [0.25, 0.3) is 0 Å². The van der Waals surface area contributed by atoms with Crippen LogP contribution in [0, 0.1) is 51.2 Å². The van der Waals surface area contributed by atoms with Crippen LogP contribution in [0.2, 0.25) is 19.6 Å². The average molecular weight is 529 g/mol. The van der Waals surface area contributed by atoms with Gasteiger partial charge < -0.3 is 9.16 Å². The van der Waals surface area contributed by atoms with Crippen molar-refractivity contribution in [3.63, 3.8) is 0 Å². The summed E-state index contributed by atoms with van der Waals surface area (Å²) in [6.07, 6.45) is 16.2. The van der Waals surface area contributed by atoms with E-state index in [1.165, 1.54) is 51.4 Å². The van der Waals surface area contributed by atoms with Crippen molar-refractivity contribution in [3.05, 3.63) is 12.2 Å². The Kier molecular flexibility index (Phi) is 6.49. The first kappa shape index (κ1) is 28.4. The fourth-order valence-corrected chi connectivity index (χ4v) is 12.7. The van der Waals surface area contributed by atoms with Crippen molar-refractivity contribution >= 4 is 8.32 Å². The lowest BCUT2D eigenvalue weighted by atomic mass is 9.35. The molecular weight excluding hydrogens is 468 g/mol. The van der Waals surface area contributed by atoms with E-state index in [-0.39, 0.29) is 16.6 Å². The summed E-state index contributed by atoms with van der Waals surface area (Å²) < 4.78 is 13.9. The van der Waals surface area contributed by atoms with Gasteiger partial charge in [0.15, 0.2) is 8.32 Å². The first-order valence-electron chi connectivity index (χ1n) is 15.9. The Labute approximate surface area is 231 Å². The van der Waals surface area contributed by atoms with E-state index < -0.39 is 8.32 Å². The summed E-state index contributed by atoms with van der Waals surface area (Å²) in [7, 11) is -1.56. The minimum atomic E-state index is -1.56. The van der Waals surface area contributed by atoms with E-state index in [0.29, 0.717) is 34.2 Å². The number of hydrogen-bond donors (Lipinski definition) is 0. The van der Waals surface area contributed by atoms with Crippen LogP contribution in [0.3, 0.4) is 0 Å². The third-order valence-corrected chi connectivity index (χ3v) is 14.9. The number of rotatable bonds is 4. The van der Waals surface area contributed by atoms with Gasteiger partial charge in [-0.25, -0.2) is 0 Å². The second-order valence-corrected chi connectivity index (χ2v) is 21.8. The SMILES string of the molecule is CC(C)[C@@]1(C)C=C[C@@](C)([C@H]2CC[C@]3(C)[C@@H]2CC[C@@H]2[C@@]4(C)CC[C@H](O[Si](C)(C)C)C(C)(C)[C@@H]4CC[C@]23C)O1. The summed E-state index contributed by atoms with van der Waals surface area (Å²) in [5.74, 6) is 3.54. The zero-order valence-corrected chi connectivity index (χ0v) is 27.6. The molecule has 2 nitrogen and oxygen atoms in total. The normalized spacial score (nSPS) is 53.2. The Morgan fingerprint density at radius 3 is 1.97 bits per heavy atom. The summed E-state index contributed by atoms with van der Waals surface area (Å²) in [5, 5.41) is 0. The lowest BCUT2D eigenvalue weighted by Crippen LogP contribution is -2.64. The molecule has 212 valence electrons. The zero-order chi connectivity index (χ0) is 27.4. The van der Waals surface area contributed by atoms with E-state index in [1.54, 1.807) is 0 Å². The van der Waals surface area contributed by atoms with E-state index in [9.17, 15) is 0 Å². The van der Waals surface area contributed by atoms with Crippen LogP contribution in [0.15, 0.2) is 12.2 Å². The summed E-state index contributed by atoms with van der Waals surface area (Å²) in [6.45, 7) is 29.8. The highest BCUT2D eigenvalue weighted by Gasteiger charge is 2.70. The molecule has 0 aromatic heterocycles. The van der Waals surface area contributed by atoms with Crippen molar-refractivity contribution < 1.29 is 9.16 Å². The Bertz CT molecular complexity index is 933. The highest BCUT2D eigenvalue weighted by molar-refractivity contribution is 6.69. The predicted octanol–water partition coefficient (Wildman–Crippen LogP) is 9.65. The van der Waals surface area contributed by atoms with Crippen LogP contribution >= 0.6 is 0 Å². The Balaban J connectivity index is 1.42. The molecule has 0 saturated heterocycles. The highest BCUT2D eigenvalue weighted by Crippen LogP contribution is 2.76. The molecule has 0 aromatic carbocycles. The van der Waals surface area contributed by atoms with Crippen LogP contribution in [0.5, 0.6) is 0 Å². The fraction of sp³-hybridized carbons (Fsp3) is 0.941. The predicted molar refractivity (Wildman–Crippen MR) is 159 cm³/mol. The maximum atomic E-state index is 7.01. The second-order valence-electron chi connectivity index (χ2n) is 17.4.